The SMILES string of the molecule is CCNC(=O)c1cc(-c2ccc(NC(=O)[C@@H](O)c3cc(F)cc(F)c3)cc2Cl)cnc1N. The Kier molecular flexibility index (Phi) is 7.01. The molecule has 3 aromatic rings. The molecule has 1 aromatic heterocycles. The molecule has 166 valence electrons. The maximum Gasteiger partial charge on any atom is 0.257 e. The molecule has 3 rings (SSSR count). The Morgan fingerprint density at radius 2 is 1.84 bits per heavy atom. The minimum Gasteiger partial charge on any atom is -0.383 e. The highest BCUT2D eigenvalue weighted by molar-refractivity contribution is 6.33. The monoisotopic (exact) mass is 460 g/mol. The van der Waals surface area contributed by atoms with Crippen molar-refractivity contribution in [1.82, 2.24) is 10.3 Å². The number of nitrogens with two attached hydrogens (primary N) is 1. The summed E-state index contributed by atoms with van der Waals surface area (Å²) in [5.74, 6) is -3.03. The first kappa shape index (κ1) is 23.1. The third kappa shape index (κ3) is 5.19. The molecule has 2 aromatic carbocycles. The third-order valence-electron chi connectivity index (χ3n) is 4.50. The number of carbonyl (C=O) groups is 2. The van der Waals surface area contributed by atoms with Crippen LogP contribution in [0.3, 0.4) is 0 Å². The number of anilines is 2. The summed E-state index contributed by atoms with van der Waals surface area (Å²) in [6.45, 7) is 2.20. The number of amides is 2. The second-order valence-electron chi connectivity index (χ2n) is 6.81. The number of nitrogen functional groups attached to an aromatic ring is 1. The van der Waals surface area contributed by atoms with Gasteiger partial charge in [-0.15, -0.1) is 0 Å². The molecule has 0 aliphatic heterocycles. The topological polar surface area (TPSA) is 117 Å². The number of pyridine rings is 1. The Morgan fingerprint density at radius 3 is 2.47 bits per heavy atom. The fourth-order valence-electron chi connectivity index (χ4n) is 2.98. The number of aliphatic hydroxyl groups excluding tert-OH is 1. The van der Waals surface area contributed by atoms with Crippen molar-refractivity contribution in [3.63, 3.8) is 0 Å². The minimum absolute atomic E-state index is 0.0717. The van der Waals surface area contributed by atoms with Gasteiger partial charge in [0.15, 0.2) is 6.10 Å². The molecule has 0 aliphatic rings. The van der Waals surface area contributed by atoms with Crippen LogP contribution in [0, 0.1) is 11.6 Å². The number of carbonyl (C=O) groups excluding carboxylic acids is 2. The van der Waals surface area contributed by atoms with E-state index < -0.39 is 23.6 Å². The maximum absolute atomic E-state index is 13.3. The second-order valence-corrected chi connectivity index (χ2v) is 7.21. The van der Waals surface area contributed by atoms with Gasteiger partial charge in [0.25, 0.3) is 11.8 Å². The van der Waals surface area contributed by atoms with E-state index in [1.54, 1.807) is 19.1 Å². The van der Waals surface area contributed by atoms with Gasteiger partial charge >= 0.3 is 0 Å². The molecule has 0 radical (unpaired) electrons. The summed E-state index contributed by atoms with van der Waals surface area (Å²) in [4.78, 5) is 28.5. The van der Waals surface area contributed by atoms with Crippen LogP contribution in [0.4, 0.5) is 20.3 Å². The molecule has 1 heterocycles. The predicted octanol–water partition coefficient (Wildman–Crippen LogP) is 3.68. The Bertz CT molecular complexity index is 1170. The number of hydrogen-bond donors (Lipinski definition) is 4. The van der Waals surface area contributed by atoms with Gasteiger partial charge in [0.1, 0.15) is 17.5 Å². The highest BCUT2D eigenvalue weighted by atomic mass is 35.5. The van der Waals surface area contributed by atoms with E-state index in [9.17, 15) is 23.5 Å². The fourth-order valence-corrected chi connectivity index (χ4v) is 3.27. The average Bonchev–Trinajstić information content (AvgIpc) is 2.73. The normalized spacial score (nSPS) is 11.7. The molecule has 5 N–H and O–H groups in total. The zero-order chi connectivity index (χ0) is 23.4. The number of rotatable bonds is 6. The summed E-state index contributed by atoms with van der Waals surface area (Å²) in [6.07, 6.45) is -0.334. The van der Waals surface area contributed by atoms with Crippen LogP contribution in [-0.4, -0.2) is 28.4 Å². The molecule has 0 fully saturated rings. The molecule has 10 heteroatoms. The van der Waals surface area contributed by atoms with Crippen LogP contribution in [0.2, 0.25) is 5.02 Å². The lowest BCUT2D eigenvalue weighted by Crippen LogP contribution is -2.24. The number of aliphatic hydroxyl groups is 1. The number of aromatic nitrogens is 1. The predicted molar refractivity (Wildman–Crippen MR) is 117 cm³/mol. The quantitative estimate of drug-likeness (QED) is 0.447. The van der Waals surface area contributed by atoms with Crippen LogP contribution in [0.25, 0.3) is 11.1 Å². The molecule has 1 atom stereocenters. The van der Waals surface area contributed by atoms with Gasteiger partial charge in [-0.1, -0.05) is 17.7 Å². The lowest BCUT2D eigenvalue weighted by atomic mass is 10.0. The molecule has 0 unspecified atom stereocenters. The molecule has 0 bridgehead atoms. The molecular formula is C22H19ClF2N4O3. The molecule has 0 saturated heterocycles. The largest absolute Gasteiger partial charge is 0.383 e. The van der Waals surface area contributed by atoms with E-state index in [-0.39, 0.29) is 33.6 Å². The molecule has 0 saturated carbocycles. The lowest BCUT2D eigenvalue weighted by Gasteiger charge is -2.14. The van der Waals surface area contributed by atoms with E-state index in [4.69, 9.17) is 17.3 Å². The van der Waals surface area contributed by atoms with Crippen molar-refractivity contribution in [3.05, 3.63) is 76.4 Å². The number of nitrogens with one attached hydrogen (secondary N) is 2. The van der Waals surface area contributed by atoms with E-state index in [0.29, 0.717) is 23.7 Å². The van der Waals surface area contributed by atoms with E-state index in [1.807, 2.05) is 0 Å². The van der Waals surface area contributed by atoms with Crippen LogP contribution < -0.4 is 16.4 Å². The number of hydrogen-bond acceptors (Lipinski definition) is 5. The van der Waals surface area contributed by atoms with Crippen LogP contribution >= 0.6 is 11.6 Å². The van der Waals surface area contributed by atoms with Crippen LogP contribution in [-0.2, 0) is 4.79 Å². The van der Waals surface area contributed by atoms with Crippen molar-refractivity contribution in [2.45, 2.75) is 13.0 Å². The third-order valence-corrected chi connectivity index (χ3v) is 4.81. The van der Waals surface area contributed by atoms with Gasteiger partial charge in [0.05, 0.1) is 10.6 Å². The van der Waals surface area contributed by atoms with Crippen LogP contribution in [0.1, 0.15) is 28.9 Å². The van der Waals surface area contributed by atoms with E-state index in [1.165, 1.54) is 18.3 Å². The van der Waals surface area contributed by atoms with E-state index in [2.05, 4.69) is 15.6 Å². The second kappa shape index (κ2) is 9.71. The Hall–Kier alpha value is -3.56. The molecule has 7 nitrogen and oxygen atoms in total. The van der Waals surface area contributed by atoms with Crippen molar-refractivity contribution < 1.29 is 23.5 Å². The fraction of sp³-hybridized carbons (Fsp3) is 0.136. The summed E-state index contributed by atoms with van der Waals surface area (Å²) < 4.78 is 26.7. The van der Waals surface area contributed by atoms with Gasteiger partial charge in [-0.05, 0) is 42.8 Å². The standard InChI is InChI=1S/C22H19ClF2N4O3/c1-2-27-21(31)17-7-12(10-28-20(17)26)16-4-3-15(9-18(16)23)29-22(32)19(30)11-5-13(24)8-14(25)6-11/h3-10,19,30H,2H2,1H3,(H2,26,28)(H,27,31)(H,29,32)/t19-/m0/s1. The summed E-state index contributed by atoms with van der Waals surface area (Å²) >= 11 is 6.35. The van der Waals surface area contributed by atoms with E-state index in [0.717, 1.165) is 12.1 Å². The summed E-state index contributed by atoms with van der Waals surface area (Å²) in [5, 5.41) is 15.4. The Morgan fingerprint density at radius 1 is 1.16 bits per heavy atom. The maximum atomic E-state index is 13.3. The van der Waals surface area contributed by atoms with Crippen molar-refractivity contribution in [3.8, 4) is 11.1 Å². The minimum atomic E-state index is -1.79. The summed E-state index contributed by atoms with van der Waals surface area (Å²) in [7, 11) is 0. The highest BCUT2D eigenvalue weighted by Gasteiger charge is 2.20. The zero-order valence-electron chi connectivity index (χ0n) is 16.8. The Labute approximate surface area is 187 Å². The first-order valence-corrected chi connectivity index (χ1v) is 9.86. The molecular weight excluding hydrogens is 442 g/mol. The first-order chi connectivity index (χ1) is 15.2. The number of benzene rings is 2. The lowest BCUT2D eigenvalue weighted by molar-refractivity contribution is -0.124. The smallest absolute Gasteiger partial charge is 0.257 e. The summed E-state index contributed by atoms with van der Waals surface area (Å²) in [5.41, 5.74) is 7.05. The van der Waals surface area contributed by atoms with Crippen molar-refractivity contribution >= 4 is 34.9 Å². The molecule has 32 heavy (non-hydrogen) atoms. The molecule has 0 spiro atoms. The van der Waals surface area contributed by atoms with Crippen molar-refractivity contribution in [2.24, 2.45) is 0 Å². The van der Waals surface area contributed by atoms with Gasteiger partial charge < -0.3 is 21.5 Å². The Balaban J connectivity index is 1.82. The molecule has 2 amide bonds. The highest BCUT2D eigenvalue weighted by Crippen LogP contribution is 2.32. The number of halogens is 3. The van der Waals surface area contributed by atoms with Gasteiger partial charge in [-0.2, -0.15) is 0 Å². The zero-order valence-corrected chi connectivity index (χ0v) is 17.6. The van der Waals surface area contributed by atoms with Gasteiger partial charge in [-0.3, -0.25) is 9.59 Å². The first-order valence-electron chi connectivity index (χ1n) is 9.48. The van der Waals surface area contributed by atoms with Crippen LogP contribution in [0.5, 0.6) is 0 Å². The average molecular weight is 461 g/mol. The number of nitrogens with zero attached hydrogens (tertiary/aromatic N) is 1. The van der Waals surface area contributed by atoms with Crippen molar-refractivity contribution in [2.75, 3.05) is 17.6 Å². The van der Waals surface area contributed by atoms with Gasteiger partial charge in [0.2, 0.25) is 0 Å². The van der Waals surface area contributed by atoms with Gasteiger partial charge in [0, 0.05) is 35.6 Å². The van der Waals surface area contributed by atoms with Crippen LogP contribution in [0.15, 0.2) is 48.7 Å². The van der Waals surface area contributed by atoms with E-state index >= 15 is 0 Å². The summed E-state index contributed by atoms with van der Waals surface area (Å²) in [6, 6.07) is 8.44. The van der Waals surface area contributed by atoms with Gasteiger partial charge in [-0.25, -0.2) is 13.8 Å². The van der Waals surface area contributed by atoms with Crippen molar-refractivity contribution in [1.29, 1.82) is 0 Å². The molecule has 0 aliphatic carbocycles.